The summed E-state index contributed by atoms with van der Waals surface area (Å²) >= 11 is 0. The maximum absolute atomic E-state index is 12.7. The van der Waals surface area contributed by atoms with Crippen molar-refractivity contribution in [3.63, 3.8) is 0 Å². The van der Waals surface area contributed by atoms with Crippen LogP contribution in [-0.2, 0) is 6.54 Å². The van der Waals surface area contributed by atoms with Crippen LogP contribution in [0.1, 0.15) is 23.4 Å². The standard InChI is InChI=1S/C19H17N3O/c1-12-4-2-3-5-13(12)10-14-8-9-22-18(14)21-17-11-15(20)6-7-16(17)19(22)23/h2-7,10-11H,8-9,20H2,1H3/b14-10+. The highest BCUT2D eigenvalue weighted by Gasteiger charge is 2.21. The summed E-state index contributed by atoms with van der Waals surface area (Å²) in [5.74, 6) is 0.761. The number of anilines is 1. The van der Waals surface area contributed by atoms with Crippen molar-refractivity contribution in [3.8, 4) is 0 Å². The largest absolute Gasteiger partial charge is 0.399 e. The van der Waals surface area contributed by atoms with Gasteiger partial charge in [-0.2, -0.15) is 0 Å². The molecule has 1 aliphatic heterocycles. The fourth-order valence-electron chi connectivity index (χ4n) is 3.11. The summed E-state index contributed by atoms with van der Waals surface area (Å²) in [5, 5.41) is 0.625. The van der Waals surface area contributed by atoms with Gasteiger partial charge in [0.2, 0.25) is 0 Å². The van der Waals surface area contributed by atoms with Crippen molar-refractivity contribution in [3.05, 3.63) is 69.8 Å². The van der Waals surface area contributed by atoms with Gasteiger partial charge in [-0.05, 0) is 54.3 Å². The number of fused-ring (bicyclic) bond motifs is 2. The lowest BCUT2D eigenvalue weighted by molar-refractivity contribution is 0.725. The highest BCUT2D eigenvalue weighted by Crippen LogP contribution is 2.28. The van der Waals surface area contributed by atoms with E-state index in [9.17, 15) is 4.79 Å². The highest BCUT2D eigenvalue weighted by atomic mass is 16.1. The number of hydrogen-bond donors (Lipinski definition) is 1. The molecule has 0 saturated carbocycles. The van der Waals surface area contributed by atoms with E-state index < -0.39 is 0 Å². The predicted octanol–water partition coefficient (Wildman–Crippen LogP) is 3.23. The Bertz CT molecular complexity index is 1010. The molecule has 23 heavy (non-hydrogen) atoms. The van der Waals surface area contributed by atoms with Gasteiger partial charge >= 0.3 is 0 Å². The summed E-state index contributed by atoms with van der Waals surface area (Å²) < 4.78 is 1.77. The average molecular weight is 303 g/mol. The quantitative estimate of drug-likeness (QED) is 0.702. The average Bonchev–Trinajstić information content (AvgIpc) is 2.93. The van der Waals surface area contributed by atoms with E-state index in [4.69, 9.17) is 10.7 Å². The van der Waals surface area contributed by atoms with Crippen molar-refractivity contribution in [2.45, 2.75) is 19.9 Å². The first-order valence-electron chi connectivity index (χ1n) is 7.70. The Kier molecular flexibility index (Phi) is 3.05. The number of nitrogen functional groups attached to an aromatic ring is 1. The molecule has 4 heteroatoms. The molecule has 2 aromatic carbocycles. The van der Waals surface area contributed by atoms with Gasteiger partial charge in [-0.1, -0.05) is 24.3 Å². The molecule has 0 atom stereocenters. The first kappa shape index (κ1) is 13.8. The van der Waals surface area contributed by atoms with Crippen molar-refractivity contribution in [1.29, 1.82) is 0 Å². The van der Waals surface area contributed by atoms with Crippen LogP contribution in [0.3, 0.4) is 0 Å². The molecule has 1 aliphatic rings. The van der Waals surface area contributed by atoms with E-state index in [1.807, 2.05) is 12.1 Å². The lowest BCUT2D eigenvalue weighted by Gasteiger charge is -2.06. The van der Waals surface area contributed by atoms with Crippen LogP contribution in [-0.4, -0.2) is 9.55 Å². The van der Waals surface area contributed by atoms with Gasteiger partial charge in [0.25, 0.3) is 5.56 Å². The fraction of sp³-hybridized carbons (Fsp3) is 0.158. The molecule has 4 nitrogen and oxygen atoms in total. The summed E-state index contributed by atoms with van der Waals surface area (Å²) in [6.07, 6.45) is 2.96. The highest BCUT2D eigenvalue weighted by molar-refractivity contribution is 5.86. The van der Waals surface area contributed by atoms with Gasteiger partial charge in [0.1, 0.15) is 5.82 Å². The van der Waals surface area contributed by atoms with Gasteiger partial charge in [-0.15, -0.1) is 0 Å². The van der Waals surface area contributed by atoms with Gasteiger partial charge in [0.15, 0.2) is 0 Å². The van der Waals surface area contributed by atoms with E-state index in [1.54, 1.807) is 22.8 Å². The number of nitrogens with two attached hydrogens (primary N) is 1. The Morgan fingerprint density at radius 3 is 2.87 bits per heavy atom. The van der Waals surface area contributed by atoms with Gasteiger partial charge in [0, 0.05) is 12.2 Å². The molecule has 0 radical (unpaired) electrons. The van der Waals surface area contributed by atoms with E-state index >= 15 is 0 Å². The molecule has 114 valence electrons. The first-order valence-corrected chi connectivity index (χ1v) is 7.70. The Morgan fingerprint density at radius 1 is 1.22 bits per heavy atom. The van der Waals surface area contributed by atoms with Gasteiger partial charge in [-0.25, -0.2) is 4.98 Å². The molecule has 2 N–H and O–H groups in total. The summed E-state index contributed by atoms with van der Waals surface area (Å²) in [6, 6.07) is 13.5. The van der Waals surface area contributed by atoms with Crippen LogP contribution < -0.4 is 11.3 Å². The minimum atomic E-state index is 0.0122. The minimum Gasteiger partial charge on any atom is -0.399 e. The number of rotatable bonds is 1. The molecule has 4 rings (SSSR count). The van der Waals surface area contributed by atoms with E-state index in [1.165, 1.54) is 5.56 Å². The first-order chi connectivity index (χ1) is 11.1. The lowest BCUT2D eigenvalue weighted by Crippen LogP contribution is -2.20. The van der Waals surface area contributed by atoms with Gasteiger partial charge in [-0.3, -0.25) is 9.36 Å². The zero-order chi connectivity index (χ0) is 16.0. The molecule has 2 heterocycles. The molecule has 0 fully saturated rings. The Balaban J connectivity index is 1.93. The molecule has 0 amide bonds. The third-order valence-corrected chi connectivity index (χ3v) is 4.39. The Labute approximate surface area is 133 Å². The lowest BCUT2D eigenvalue weighted by atomic mass is 10.0. The molecule has 0 saturated heterocycles. The number of aromatic nitrogens is 2. The van der Waals surface area contributed by atoms with E-state index in [0.29, 0.717) is 23.1 Å². The number of aryl methyl sites for hydroxylation is 1. The maximum atomic E-state index is 12.7. The number of hydrogen-bond acceptors (Lipinski definition) is 3. The minimum absolute atomic E-state index is 0.0122. The third-order valence-electron chi connectivity index (χ3n) is 4.39. The van der Waals surface area contributed by atoms with Crippen LogP contribution in [0.5, 0.6) is 0 Å². The van der Waals surface area contributed by atoms with Crippen LogP contribution in [0.15, 0.2) is 47.3 Å². The van der Waals surface area contributed by atoms with Crippen LogP contribution in [0.4, 0.5) is 5.69 Å². The SMILES string of the molecule is Cc1ccccc1/C=C1\CCn2c1nc1cc(N)ccc1c2=O. The summed E-state index contributed by atoms with van der Waals surface area (Å²) in [4.78, 5) is 17.4. The van der Waals surface area contributed by atoms with E-state index in [0.717, 1.165) is 23.4 Å². The molecule has 0 aliphatic carbocycles. The molecular weight excluding hydrogens is 286 g/mol. The smallest absolute Gasteiger partial charge is 0.261 e. The van der Waals surface area contributed by atoms with Crippen LogP contribution in [0.25, 0.3) is 22.6 Å². The third kappa shape index (κ3) is 2.23. The number of nitrogens with zero attached hydrogens (tertiary/aromatic N) is 2. The molecule has 1 aromatic heterocycles. The normalized spacial score (nSPS) is 15.3. The second kappa shape index (κ2) is 5.09. The van der Waals surface area contributed by atoms with Crippen molar-refractivity contribution >= 4 is 28.2 Å². The second-order valence-electron chi connectivity index (χ2n) is 5.94. The van der Waals surface area contributed by atoms with Crippen molar-refractivity contribution in [2.24, 2.45) is 0 Å². The maximum Gasteiger partial charge on any atom is 0.261 e. The zero-order valence-corrected chi connectivity index (χ0v) is 12.9. The molecule has 0 bridgehead atoms. The number of allylic oxidation sites excluding steroid dienone is 1. The Hall–Kier alpha value is -2.88. The van der Waals surface area contributed by atoms with Crippen LogP contribution in [0.2, 0.25) is 0 Å². The monoisotopic (exact) mass is 303 g/mol. The fourth-order valence-corrected chi connectivity index (χ4v) is 3.11. The molecule has 0 spiro atoms. The molecule has 0 unspecified atom stereocenters. The van der Waals surface area contributed by atoms with Crippen molar-refractivity contribution in [2.75, 3.05) is 5.73 Å². The van der Waals surface area contributed by atoms with Gasteiger partial charge in [0.05, 0.1) is 10.9 Å². The van der Waals surface area contributed by atoms with Crippen molar-refractivity contribution < 1.29 is 0 Å². The van der Waals surface area contributed by atoms with E-state index in [2.05, 4.69) is 25.1 Å². The topological polar surface area (TPSA) is 60.9 Å². The van der Waals surface area contributed by atoms with E-state index in [-0.39, 0.29) is 5.56 Å². The Morgan fingerprint density at radius 2 is 2.04 bits per heavy atom. The molecular formula is C19H17N3O. The summed E-state index contributed by atoms with van der Waals surface area (Å²) in [7, 11) is 0. The van der Waals surface area contributed by atoms with Crippen molar-refractivity contribution in [1.82, 2.24) is 9.55 Å². The van der Waals surface area contributed by atoms with Crippen LogP contribution >= 0.6 is 0 Å². The van der Waals surface area contributed by atoms with Crippen LogP contribution in [0, 0.1) is 6.92 Å². The zero-order valence-electron chi connectivity index (χ0n) is 12.9. The summed E-state index contributed by atoms with van der Waals surface area (Å²) in [5.41, 5.74) is 10.6. The number of benzene rings is 2. The van der Waals surface area contributed by atoms with Gasteiger partial charge < -0.3 is 5.73 Å². The summed E-state index contributed by atoms with van der Waals surface area (Å²) in [6.45, 7) is 2.77. The second-order valence-corrected chi connectivity index (χ2v) is 5.94. The molecule has 3 aromatic rings. The predicted molar refractivity (Wildman–Crippen MR) is 94.1 cm³/mol.